The molecule has 1 aromatic heterocycles. The van der Waals surface area contributed by atoms with Crippen molar-refractivity contribution in [3.8, 4) is 22.1 Å². The van der Waals surface area contributed by atoms with Crippen LogP contribution in [0.5, 0.6) is 11.5 Å². The molecule has 3 rings (SSSR count). The number of para-hydroxylation sites is 1. The van der Waals surface area contributed by atoms with Crippen molar-refractivity contribution in [3.05, 3.63) is 29.3 Å². The van der Waals surface area contributed by atoms with Gasteiger partial charge in [-0.1, -0.05) is 6.07 Å². The van der Waals surface area contributed by atoms with Crippen molar-refractivity contribution in [1.29, 1.82) is 0 Å². The van der Waals surface area contributed by atoms with Gasteiger partial charge in [-0.3, -0.25) is 4.79 Å². The van der Waals surface area contributed by atoms with Crippen molar-refractivity contribution < 1.29 is 28.5 Å². The van der Waals surface area contributed by atoms with Crippen molar-refractivity contribution in [2.75, 3.05) is 27.3 Å². The van der Waals surface area contributed by atoms with E-state index in [1.54, 1.807) is 19.1 Å². The first-order valence-electron chi connectivity index (χ1n) is 10.5. The molecule has 2 heterocycles. The Hall–Kier alpha value is -2.81. The number of hydrogen-bond acceptors (Lipinski definition) is 8. The zero-order chi connectivity index (χ0) is 23.3. The summed E-state index contributed by atoms with van der Waals surface area (Å²) in [6.07, 6.45) is 1.02. The van der Waals surface area contributed by atoms with E-state index in [-0.39, 0.29) is 18.5 Å². The van der Waals surface area contributed by atoms with Crippen LogP contribution in [0.1, 0.15) is 39.3 Å². The lowest BCUT2D eigenvalue weighted by Crippen LogP contribution is -2.45. The van der Waals surface area contributed by atoms with Crippen molar-refractivity contribution in [1.82, 2.24) is 9.88 Å². The van der Waals surface area contributed by atoms with Gasteiger partial charge in [-0.2, -0.15) is 0 Å². The molecule has 1 saturated heterocycles. The topological polar surface area (TPSA) is 87.2 Å². The second-order valence-electron chi connectivity index (χ2n) is 8.56. The van der Waals surface area contributed by atoms with E-state index in [9.17, 15) is 9.59 Å². The molecule has 1 aliphatic heterocycles. The van der Waals surface area contributed by atoms with Crippen LogP contribution in [-0.4, -0.2) is 54.9 Å². The van der Waals surface area contributed by atoms with Gasteiger partial charge in [-0.25, -0.2) is 9.78 Å². The Balaban J connectivity index is 1.59. The Morgan fingerprint density at radius 3 is 2.69 bits per heavy atom. The minimum atomic E-state index is -0.571. The summed E-state index contributed by atoms with van der Waals surface area (Å²) in [5.41, 5.74) is 0.899. The maximum Gasteiger partial charge on any atom is 0.410 e. The third-order valence-corrected chi connectivity index (χ3v) is 5.88. The summed E-state index contributed by atoms with van der Waals surface area (Å²) in [6, 6.07) is 5.60. The lowest BCUT2D eigenvalue weighted by atomic mass is 9.98. The average Bonchev–Trinajstić information content (AvgIpc) is 3.24. The van der Waals surface area contributed by atoms with E-state index in [1.165, 1.54) is 11.3 Å². The van der Waals surface area contributed by atoms with E-state index in [0.29, 0.717) is 36.7 Å². The van der Waals surface area contributed by atoms with E-state index >= 15 is 0 Å². The fraction of sp³-hybridized carbons (Fsp3) is 0.522. The van der Waals surface area contributed by atoms with E-state index in [1.807, 2.05) is 44.4 Å². The molecular formula is C23H30N2O6S. The quantitative estimate of drug-likeness (QED) is 0.584. The van der Waals surface area contributed by atoms with Gasteiger partial charge in [0.05, 0.1) is 31.4 Å². The maximum atomic E-state index is 12.6. The maximum absolute atomic E-state index is 12.6. The molecule has 1 atom stereocenters. The first-order valence-corrected chi connectivity index (χ1v) is 11.4. The predicted octanol–water partition coefficient (Wildman–Crippen LogP) is 4.52. The number of esters is 1. The van der Waals surface area contributed by atoms with Crippen LogP contribution < -0.4 is 9.47 Å². The molecule has 0 unspecified atom stereocenters. The van der Waals surface area contributed by atoms with E-state index < -0.39 is 11.7 Å². The number of ether oxygens (including phenoxy) is 4. The number of benzene rings is 1. The summed E-state index contributed by atoms with van der Waals surface area (Å²) < 4.78 is 21.8. The van der Waals surface area contributed by atoms with Crippen molar-refractivity contribution >= 4 is 23.4 Å². The van der Waals surface area contributed by atoms with Crippen molar-refractivity contribution in [3.63, 3.8) is 0 Å². The lowest BCUT2D eigenvalue weighted by molar-refractivity contribution is -0.151. The number of hydrogen-bond donors (Lipinski definition) is 0. The SMILES string of the molecule is COc1cccc(-c2nc(COC(=O)[C@H]3CCCN(C(=O)OC(C)(C)C)C3)cs2)c1OC. The van der Waals surface area contributed by atoms with Crippen LogP contribution in [0.25, 0.3) is 10.6 Å². The van der Waals surface area contributed by atoms with Gasteiger partial charge >= 0.3 is 12.1 Å². The molecule has 0 bridgehead atoms. The van der Waals surface area contributed by atoms with E-state index in [2.05, 4.69) is 4.98 Å². The number of methoxy groups -OCH3 is 2. The van der Waals surface area contributed by atoms with Crippen LogP contribution in [0, 0.1) is 5.92 Å². The van der Waals surface area contributed by atoms with Crippen LogP contribution >= 0.6 is 11.3 Å². The predicted molar refractivity (Wildman–Crippen MR) is 121 cm³/mol. The Morgan fingerprint density at radius 1 is 1.22 bits per heavy atom. The second-order valence-corrected chi connectivity index (χ2v) is 9.42. The standard InChI is InChI=1S/C23H30N2O6S/c1-23(2,3)31-22(27)25-11-7-8-15(12-25)21(26)30-13-16-14-32-20(24-16)17-9-6-10-18(28-4)19(17)29-5/h6,9-10,14-15H,7-8,11-13H2,1-5H3/t15-/m0/s1. The number of amides is 1. The third kappa shape index (κ3) is 5.91. The average molecular weight is 463 g/mol. The highest BCUT2D eigenvalue weighted by molar-refractivity contribution is 7.13. The molecule has 1 fully saturated rings. The number of carbonyl (C=O) groups is 2. The van der Waals surface area contributed by atoms with Crippen LogP contribution in [-0.2, 0) is 20.9 Å². The van der Waals surface area contributed by atoms with Gasteiger partial charge in [0, 0.05) is 18.5 Å². The first kappa shape index (κ1) is 23.8. The van der Waals surface area contributed by atoms with E-state index in [0.717, 1.165) is 17.0 Å². The number of piperidine rings is 1. The number of thiazole rings is 1. The Bertz CT molecular complexity index is 952. The van der Waals surface area contributed by atoms with Gasteiger partial charge in [0.15, 0.2) is 11.5 Å². The molecule has 0 saturated carbocycles. The highest BCUT2D eigenvalue weighted by Crippen LogP contribution is 2.39. The van der Waals surface area contributed by atoms with Gasteiger partial charge in [0.25, 0.3) is 0 Å². The lowest BCUT2D eigenvalue weighted by Gasteiger charge is -2.33. The highest BCUT2D eigenvalue weighted by atomic mass is 32.1. The van der Waals surface area contributed by atoms with Gasteiger partial charge in [-0.15, -0.1) is 11.3 Å². The smallest absolute Gasteiger partial charge is 0.410 e. The molecule has 0 N–H and O–H groups in total. The third-order valence-electron chi connectivity index (χ3n) is 4.95. The molecule has 174 valence electrons. The second kappa shape index (κ2) is 10.2. The van der Waals surface area contributed by atoms with E-state index in [4.69, 9.17) is 18.9 Å². The van der Waals surface area contributed by atoms with Crippen molar-refractivity contribution in [2.45, 2.75) is 45.8 Å². The first-order chi connectivity index (χ1) is 15.2. The summed E-state index contributed by atoms with van der Waals surface area (Å²) in [5.74, 6) is 0.539. The zero-order valence-electron chi connectivity index (χ0n) is 19.2. The number of aromatic nitrogens is 1. The molecular weight excluding hydrogens is 432 g/mol. The van der Waals surface area contributed by atoms with Crippen LogP contribution in [0.15, 0.2) is 23.6 Å². The minimum absolute atomic E-state index is 0.0740. The molecule has 0 radical (unpaired) electrons. The molecule has 2 aromatic rings. The number of rotatable bonds is 6. The Morgan fingerprint density at radius 2 is 2.00 bits per heavy atom. The molecule has 0 spiro atoms. The van der Waals surface area contributed by atoms with Crippen LogP contribution in [0.2, 0.25) is 0 Å². The largest absolute Gasteiger partial charge is 0.493 e. The van der Waals surface area contributed by atoms with Crippen LogP contribution in [0.3, 0.4) is 0 Å². The number of likely N-dealkylation sites (tertiary alicyclic amines) is 1. The van der Waals surface area contributed by atoms with Gasteiger partial charge in [0.1, 0.15) is 17.2 Å². The molecule has 1 amide bonds. The summed E-state index contributed by atoms with van der Waals surface area (Å²) in [6.45, 7) is 6.43. The molecule has 1 aromatic carbocycles. The minimum Gasteiger partial charge on any atom is -0.493 e. The van der Waals surface area contributed by atoms with Gasteiger partial charge in [0.2, 0.25) is 0 Å². The monoisotopic (exact) mass is 462 g/mol. The van der Waals surface area contributed by atoms with Gasteiger partial charge in [-0.05, 0) is 45.7 Å². The normalized spacial score (nSPS) is 16.4. The Kier molecular flexibility index (Phi) is 7.60. The van der Waals surface area contributed by atoms with Crippen molar-refractivity contribution in [2.24, 2.45) is 5.92 Å². The summed E-state index contributed by atoms with van der Waals surface area (Å²) >= 11 is 1.44. The van der Waals surface area contributed by atoms with Crippen LogP contribution in [0.4, 0.5) is 4.79 Å². The van der Waals surface area contributed by atoms with Gasteiger partial charge < -0.3 is 23.8 Å². The molecule has 8 nitrogen and oxygen atoms in total. The summed E-state index contributed by atoms with van der Waals surface area (Å²) in [4.78, 5) is 31.1. The number of carbonyl (C=O) groups excluding carboxylic acids is 2. The molecule has 32 heavy (non-hydrogen) atoms. The molecule has 0 aliphatic carbocycles. The molecule has 9 heteroatoms. The summed E-state index contributed by atoms with van der Waals surface area (Å²) in [7, 11) is 3.17. The number of nitrogens with zero attached hydrogens (tertiary/aromatic N) is 2. The molecule has 1 aliphatic rings. The summed E-state index contributed by atoms with van der Waals surface area (Å²) in [5, 5.41) is 2.61. The zero-order valence-corrected chi connectivity index (χ0v) is 20.0. The fourth-order valence-electron chi connectivity index (χ4n) is 3.48. The highest BCUT2D eigenvalue weighted by Gasteiger charge is 2.32. The fourth-order valence-corrected chi connectivity index (χ4v) is 4.30. The Labute approximate surface area is 192 Å².